The third-order valence-corrected chi connectivity index (χ3v) is 5.66. The van der Waals surface area contributed by atoms with Crippen LogP contribution in [-0.2, 0) is 29.3 Å². The fourth-order valence-electron chi connectivity index (χ4n) is 3.76. The number of carbonyl (C=O) groups is 1. The zero-order valence-corrected chi connectivity index (χ0v) is 20.4. The molecule has 35 heavy (non-hydrogen) atoms. The van der Waals surface area contributed by atoms with Crippen LogP contribution in [0.4, 0.5) is 0 Å². The maximum absolute atomic E-state index is 11.0. The van der Waals surface area contributed by atoms with Crippen LogP contribution < -0.4 is 0 Å². The van der Waals surface area contributed by atoms with Crippen LogP contribution in [-0.4, -0.2) is 56.3 Å². The van der Waals surface area contributed by atoms with E-state index in [-0.39, 0.29) is 6.61 Å². The molecule has 6 nitrogen and oxygen atoms in total. The quantitative estimate of drug-likeness (QED) is 0.247. The normalized spacial score (nSPS) is 11.9. The van der Waals surface area contributed by atoms with Crippen LogP contribution in [0.5, 0.6) is 0 Å². The molecule has 6 heteroatoms. The van der Waals surface area contributed by atoms with Gasteiger partial charge >= 0.3 is 5.97 Å². The molecule has 0 fully saturated rings. The Bertz CT molecular complexity index is 908. The lowest BCUT2D eigenvalue weighted by Crippen LogP contribution is -2.35. The molecule has 0 heterocycles. The largest absolute Gasteiger partial charge is 0.479 e. The fraction of sp³-hybridized carbons (Fsp3) is 0.345. The highest BCUT2D eigenvalue weighted by Gasteiger charge is 2.37. The molecule has 0 aliphatic heterocycles. The van der Waals surface area contributed by atoms with E-state index < -0.39 is 17.2 Å². The van der Waals surface area contributed by atoms with Crippen molar-refractivity contribution in [1.82, 2.24) is 0 Å². The molecule has 0 aromatic heterocycles. The first-order chi connectivity index (χ1) is 17.0. The summed E-state index contributed by atoms with van der Waals surface area (Å²) in [6, 6.07) is 30.7. The first-order valence-corrected chi connectivity index (χ1v) is 11.8. The van der Waals surface area contributed by atoms with Crippen molar-refractivity contribution in [2.24, 2.45) is 0 Å². The lowest BCUT2D eigenvalue weighted by atomic mass is 9.80. The number of hydrogen-bond donors (Lipinski definition) is 1. The van der Waals surface area contributed by atoms with Crippen LogP contribution >= 0.6 is 0 Å². The SMILES string of the molecule is CC(C)(OCCOCCOCCOC(c1ccccc1)(c1ccccc1)c1ccccc1)C(=O)O. The summed E-state index contributed by atoms with van der Waals surface area (Å²) in [5.41, 5.74) is 1.15. The average molecular weight is 479 g/mol. The second-order valence-corrected chi connectivity index (χ2v) is 8.52. The van der Waals surface area contributed by atoms with Crippen molar-refractivity contribution < 1.29 is 28.8 Å². The molecule has 3 rings (SSSR count). The van der Waals surface area contributed by atoms with Gasteiger partial charge in [0.15, 0.2) is 5.60 Å². The van der Waals surface area contributed by atoms with Crippen LogP contribution in [0, 0.1) is 0 Å². The Hall–Kier alpha value is -3.03. The third-order valence-electron chi connectivity index (χ3n) is 5.66. The lowest BCUT2D eigenvalue weighted by molar-refractivity contribution is -0.162. The predicted molar refractivity (Wildman–Crippen MR) is 134 cm³/mol. The molecular weight excluding hydrogens is 444 g/mol. The van der Waals surface area contributed by atoms with Crippen LogP contribution in [0.15, 0.2) is 91.0 Å². The van der Waals surface area contributed by atoms with E-state index in [1.807, 2.05) is 54.6 Å². The van der Waals surface area contributed by atoms with Crippen molar-refractivity contribution in [1.29, 1.82) is 0 Å². The molecule has 0 aliphatic carbocycles. The summed E-state index contributed by atoms with van der Waals surface area (Å²) in [7, 11) is 0. The molecule has 0 saturated heterocycles. The van der Waals surface area contributed by atoms with Gasteiger partial charge in [0.1, 0.15) is 5.60 Å². The highest BCUT2D eigenvalue weighted by molar-refractivity contribution is 5.76. The molecule has 0 bridgehead atoms. The fourth-order valence-corrected chi connectivity index (χ4v) is 3.76. The number of ether oxygens (including phenoxy) is 4. The summed E-state index contributed by atoms with van der Waals surface area (Å²) in [5, 5.41) is 9.04. The van der Waals surface area contributed by atoms with Gasteiger partial charge < -0.3 is 24.1 Å². The minimum atomic E-state index is -1.22. The Morgan fingerprint density at radius 3 is 1.31 bits per heavy atom. The van der Waals surface area contributed by atoms with Gasteiger partial charge in [-0.05, 0) is 30.5 Å². The lowest BCUT2D eigenvalue weighted by Gasteiger charge is -2.36. The molecule has 3 aromatic rings. The standard InChI is InChI=1S/C29H34O6/c1-28(2,27(30)31)34-22-20-32-18-19-33-21-23-35-29(24-12-6-3-7-13-24,25-14-8-4-9-15-25)26-16-10-5-11-17-26/h3-17H,18-23H2,1-2H3,(H,30,31). The first kappa shape index (κ1) is 26.6. The van der Waals surface area contributed by atoms with E-state index in [2.05, 4.69) is 36.4 Å². The topological polar surface area (TPSA) is 74.2 Å². The number of carboxylic acids is 1. The summed E-state index contributed by atoms with van der Waals surface area (Å²) in [4.78, 5) is 11.0. The molecule has 1 N–H and O–H groups in total. The van der Waals surface area contributed by atoms with Crippen molar-refractivity contribution in [2.45, 2.75) is 25.0 Å². The molecule has 0 amide bonds. The summed E-state index contributed by atoms with van der Waals surface area (Å²) >= 11 is 0. The minimum Gasteiger partial charge on any atom is -0.479 e. The number of aliphatic carboxylic acids is 1. The Balaban J connectivity index is 1.57. The zero-order valence-electron chi connectivity index (χ0n) is 20.4. The highest BCUT2D eigenvalue weighted by atomic mass is 16.6. The smallest absolute Gasteiger partial charge is 0.335 e. The second-order valence-electron chi connectivity index (χ2n) is 8.52. The molecule has 3 aromatic carbocycles. The van der Waals surface area contributed by atoms with E-state index in [0.29, 0.717) is 33.0 Å². The van der Waals surface area contributed by atoms with E-state index in [1.165, 1.54) is 13.8 Å². The zero-order chi connectivity index (χ0) is 25.0. The number of hydrogen-bond acceptors (Lipinski definition) is 5. The molecule has 186 valence electrons. The van der Waals surface area contributed by atoms with Gasteiger partial charge in [-0.2, -0.15) is 0 Å². The van der Waals surface area contributed by atoms with Gasteiger partial charge in [0.2, 0.25) is 0 Å². The molecule has 0 aliphatic rings. The number of carboxylic acid groups (broad SMARTS) is 1. The van der Waals surface area contributed by atoms with E-state index in [4.69, 9.17) is 24.1 Å². The van der Waals surface area contributed by atoms with Crippen LogP contribution in [0.3, 0.4) is 0 Å². The Morgan fingerprint density at radius 2 is 0.943 bits per heavy atom. The van der Waals surface area contributed by atoms with E-state index in [0.717, 1.165) is 16.7 Å². The summed E-state index contributed by atoms with van der Waals surface area (Å²) in [5.74, 6) is -1.00. The maximum atomic E-state index is 11.0. The monoisotopic (exact) mass is 478 g/mol. The first-order valence-electron chi connectivity index (χ1n) is 11.8. The summed E-state index contributed by atoms with van der Waals surface area (Å²) < 4.78 is 23.2. The van der Waals surface area contributed by atoms with Gasteiger partial charge in [-0.1, -0.05) is 91.0 Å². The van der Waals surface area contributed by atoms with Crippen molar-refractivity contribution in [3.05, 3.63) is 108 Å². The maximum Gasteiger partial charge on any atom is 0.335 e. The van der Waals surface area contributed by atoms with Gasteiger partial charge in [0, 0.05) is 0 Å². The number of rotatable bonds is 15. The Kier molecular flexibility index (Phi) is 9.99. The molecule has 0 spiro atoms. The molecule has 0 unspecified atom stereocenters. The van der Waals surface area contributed by atoms with Crippen molar-refractivity contribution in [3.63, 3.8) is 0 Å². The van der Waals surface area contributed by atoms with Gasteiger partial charge in [-0.15, -0.1) is 0 Å². The molecule has 0 saturated carbocycles. The number of benzene rings is 3. The minimum absolute atomic E-state index is 0.205. The van der Waals surface area contributed by atoms with Crippen LogP contribution in [0.1, 0.15) is 30.5 Å². The van der Waals surface area contributed by atoms with Crippen LogP contribution in [0.25, 0.3) is 0 Å². The van der Waals surface area contributed by atoms with Crippen LogP contribution in [0.2, 0.25) is 0 Å². The average Bonchev–Trinajstić information content (AvgIpc) is 2.89. The van der Waals surface area contributed by atoms with E-state index >= 15 is 0 Å². The second kappa shape index (κ2) is 13.2. The van der Waals surface area contributed by atoms with E-state index in [9.17, 15) is 4.79 Å². The van der Waals surface area contributed by atoms with Crippen molar-refractivity contribution in [3.8, 4) is 0 Å². The Labute approximate surface area is 207 Å². The summed E-state index contributed by atoms with van der Waals surface area (Å²) in [6.07, 6.45) is 0. The van der Waals surface area contributed by atoms with Gasteiger partial charge in [-0.3, -0.25) is 0 Å². The van der Waals surface area contributed by atoms with Gasteiger partial charge in [0.05, 0.1) is 39.6 Å². The third kappa shape index (κ3) is 7.23. The Morgan fingerprint density at radius 1 is 0.600 bits per heavy atom. The van der Waals surface area contributed by atoms with Gasteiger partial charge in [-0.25, -0.2) is 4.79 Å². The molecule has 0 radical (unpaired) electrons. The highest BCUT2D eigenvalue weighted by Crippen LogP contribution is 2.40. The van der Waals surface area contributed by atoms with Crippen molar-refractivity contribution in [2.75, 3.05) is 39.6 Å². The molecule has 0 atom stereocenters. The van der Waals surface area contributed by atoms with Gasteiger partial charge in [0.25, 0.3) is 0 Å². The van der Waals surface area contributed by atoms with E-state index in [1.54, 1.807) is 0 Å². The predicted octanol–water partition coefficient (Wildman–Crippen LogP) is 4.91. The summed E-state index contributed by atoms with van der Waals surface area (Å²) in [6.45, 7) is 5.11. The molecular formula is C29H34O6. The van der Waals surface area contributed by atoms with Crippen molar-refractivity contribution >= 4 is 5.97 Å².